The van der Waals surface area contributed by atoms with Gasteiger partial charge in [-0.3, -0.25) is 4.79 Å². The molecule has 19 heavy (non-hydrogen) atoms. The van der Waals surface area contributed by atoms with Crippen LogP contribution in [0.3, 0.4) is 0 Å². The van der Waals surface area contributed by atoms with E-state index in [1.807, 2.05) is 6.07 Å². The van der Waals surface area contributed by atoms with E-state index < -0.39 is 18.0 Å². The lowest BCUT2D eigenvalue weighted by Crippen LogP contribution is -2.46. The van der Waals surface area contributed by atoms with E-state index >= 15 is 0 Å². The van der Waals surface area contributed by atoms with Crippen LogP contribution >= 0.6 is 0 Å². The third kappa shape index (κ3) is 3.32. The van der Waals surface area contributed by atoms with Crippen molar-refractivity contribution < 1.29 is 19.1 Å². The standard InChI is InChI=1S/C14H17NO4/c1-18-14(17)11-9-15-8-7-12(11)19-13(16)10-5-3-2-4-6-10/h2-6,11-12,15H,7-9H2,1H3. The van der Waals surface area contributed by atoms with E-state index in [4.69, 9.17) is 9.47 Å². The van der Waals surface area contributed by atoms with Crippen molar-refractivity contribution in [2.75, 3.05) is 20.2 Å². The van der Waals surface area contributed by atoms with Crippen LogP contribution in [0.2, 0.25) is 0 Å². The van der Waals surface area contributed by atoms with Gasteiger partial charge >= 0.3 is 11.9 Å². The van der Waals surface area contributed by atoms with E-state index in [0.29, 0.717) is 18.5 Å². The molecule has 1 aliphatic heterocycles. The Labute approximate surface area is 111 Å². The summed E-state index contributed by atoms with van der Waals surface area (Å²) in [5.41, 5.74) is 0.490. The first kappa shape index (κ1) is 13.5. The summed E-state index contributed by atoms with van der Waals surface area (Å²) in [6.07, 6.45) is 0.180. The van der Waals surface area contributed by atoms with E-state index in [9.17, 15) is 9.59 Å². The zero-order chi connectivity index (χ0) is 13.7. The third-order valence-electron chi connectivity index (χ3n) is 3.19. The van der Waals surface area contributed by atoms with Gasteiger partial charge in [0.05, 0.1) is 12.7 Å². The van der Waals surface area contributed by atoms with Crippen LogP contribution < -0.4 is 5.32 Å². The van der Waals surface area contributed by atoms with Crippen molar-refractivity contribution in [3.05, 3.63) is 35.9 Å². The topological polar surface area (TPSA) is 64.6 Å². The first-order valence-electron chi connectivity index (χ1n) is 6.27. The van der Waals surface area contributed by atoms with Crippen LogP contribution in [-0.2, 0) is 14.3 Å². The second-order valence-electron chi connectivity index (χ2n) is 4.43. The number of carbonyl (C=O) groups excluding carboxylic acids is 2. The number of nitrogens with one attached hydrogen (secondary N) is 1. The molecule has 0 saturated carbocycles. The van der Waals surface area contributed by atoms with Gasteiger partial charge in [-0.15, -0.1) is 0 Å². The first-order valence-corrected chi connectivity index (χ1v) is 6.27. The summed E-state index contributed by atoms with van der Waals surface area (Å²) in [6, 6.07) is 8.76. The maximum absolute atomic E-state index is 12.0. The number of hydrogen-bond acceptors (Lipinski definition) is 5. The summed E-state index contributed by atoms with van der Waals surface area (Å²) in [7, 11) is 1.34. The Balaban J connectivity index is 2.03. The predicted molar refractivity (Wildman–Crippen MR) is 68.6 cm³/mol. The Bertz CT molecular complexity index is 446. The number of benzene rings is 1. The molecule has 2 unspecified atom stereocenters. The molecule has 0 amide bonds. The number of piperidine rings is 1. The minimum absolute atomic E-state index is 0.349. The van der Waals surface area contributed by atoms with Crippen LogP contribution in [0.15, 0.2) is 30.3 Å². The third-order valence-corrected chi connectivity index (χ3v) is 3.19. The van der Waals surface area contributed by atoms with Crippen molar-refractivity contribution in [1.29, 1.82) is 0 Å². The summed E-state index contributed by atoms with van der Waals surface area (Å²) < 4.78 is 10.2. The fourth-order valence-corrected chi connectivity index (χ4v) is 2.14. The minimum atomic E-state index is -0.439. The Morgan fingerprint density at radius 2 is 2.00 bits per heavy atom. The molecule has 2 rings (SSSR count). The smallest absolute Gasteiger partial charge is 0.338 e. The zero-order valence-electron chi connectivity index (χ0n) is 10.8. The Kier molecular flexibility index (Phi) is 4.52. The highest BCUT2D eigenvalue weighted by Gasteiger charge is 2.34. The van der Waals surface area contributed by atoms with Crippen LogP contribution in [0.4, 0.5) is 0 Å². The van der Waals surface area contributed by atoms with Crippen molar-refractivity contribution >= 4 is 11.9 Å². The van der Waals surface area contributed by atoms with Gasteiger partial charge in [0.2, 0.25) is 0 Å². The average Bonchev–Trinajstić information content (AvgIpc) is 2.48. The van der Waals surface area contributed by atoms with Gasteiger partial charge in [-0.1, -0.05) is 18.2 Å². The molecular formula is C14H17NO4. The molecule has 0 spiro atoms. The summed E-state index contributed by atoms with van der Waals surface area (Å²) in [6.45, 7) is 1.19. The number of rotatable bonds is 3. The molecule has 1 aromatic rings. The molecule has 1 aromatic carbocycles. The predicted octanol–water partition coefficient (Wildman–Crippen LogP) is 0.994. The lowest BCUT2D eigenvalue weighted by molar-refractivity contribution is -0.150. The van der Waals surface area contributed by atoms with Crippen LogP contribution in [0, 0.1) is 5.92 Å². The number of methoxy groups -OCH3 is 1. The van der Waals surface area contributed by atoms with Gasteiger partial charge in [-0.2, -0.15) is 0 Å². The van der Waals surface area contributed by atoms with Crippen LogP contribution in [-0.4, -0.2) is 38.2 Å². The van der Waals surface area contributed by atoms with Gasteiger partial charge in [-0.25, -0.2) is 4.79 Å². The molecule has 1 saturated heterocycles. The van der Waals surface area contributed by atoms with Crippen LogP contribution in [0.25, 0.3) is 0 Å². The van der Waals surface area contributed by atoms with E-state index in [1.165, 1.54) is 7.11 Å². The molecule has 1 aliphatic rings. The number of esters is 2. The van der Waals surface area contributed by atoms with Crippen molar-refractivity contribution in [2.45, 2.75) is 12.5 Å². The highest BCUT2D eigenvalue weighted by atomic mass is 16.6. The maximum atomic E-state index is 12.0. The molecule has 1 heterocycles. The van der Waals surface area contributed by atoms with Gasteiger partial charge in [0.1, 0.15) is 12.0 Å². The van der Waals surface area contributed by atoms with Gasteiger partial charge in [0.25, 0.3) is 0 Å². The molecule has 0 aliphatic carbocycles. The number of carbonyl (C=O) groups is 2. The first-order chi connectivity index (χ1) is 9.22. The molecule has 5 nitrogen and oxygen atoms in total. The Morgan fingerprint density at radius 3 is 2.68 bits per heavy atom. The molecular weight excluding hydrogens is 246 g/mol. The second kappa shape index (κ2) is 6.33. The Hall–Kier alpha value is -1.88. The molecule has 0 aromatic heterocycles. The molecule has 0 bridgehead atoms. The summed E-state index contributed by atoms with van der Waals surface area (Å²) in [5.74, 6) is -1.19. The van der Waals surface area contributed by atoms with Gasteiger partial charge in [0.15, 0.2) is 0 Å². The summed E-state index contributed by atoms with van der Waals surface area (Å²) in [4.78, 5) is 23.6. The average molecular weight is 263 g/mol. The van der Waals surface area contributed by atoms with Crippen molar-refractivity contribution in [1.82, 2.24) is 5.32 Å². The maximum Gasteiger partial charge on any atom is 0.338 e. The zero-order valence-corrected chi connectivity index (χ0v) is 10.8. The summed E-state index contributed by atoms with van der Waals surface area (Å²) >= 11 is 0. The largest absolute Gasteiger partial charge is 0.469 e. The lowest BCUT2D eigenvalue weighted by Gasteiger charge is -2.29. The molecule has 5 heteroatoms. The molecule has 1 fully saturated rings. The van der Waals surface area contributed by atoms with Crippen LogP contribution in [0.1, 0.15) is 16.8 Å². The fraction of sp³-hybridized carbons (Fsp3) is 0.429. The van der Waals surface area contributed by atoms with Gasteiger partial charge in [-0.05, 0) is 25.1 Å². The highest BCUT2D eigenvalue weighted by Crippen LogP contribution is 2.18. The number of ether oxygens (including phenoxy) is 2. The molecule has 0 radical (unpaired) electrons. The highest BCUT2D eigenvalue weighted by molar-refractivity contribution is 5.89. The second-order valence-corrected chi connectivity index (χ2v) is 4.43. The van der Waals surface area contributed by atoms with E-state index in [0.717, 1.165) is 6.54 Å². The van der Waals surface area contributed by atoms with Crippen molar-refractivity contribution in [2.24, 2.45) is 5.92 Å². The molecule has 2 atom stereocenters. The van der Waals surface area contributed by atoms with E-state index in [2.05, 4.69) is 5.32 Å². The lowest BCUT2D eigenvalue weighted by atomic mass is 9.96. The summed E-state index contributed by atoms with van der Waals surface area (Å²) in [5, 5.41) is 3.10. The van der Waals surface area contributed by atoms with E-state index in [1.54, 1.807) is 24.3 Å². The minimum Gasteiger partial charge on any atom is -0.469 e. The van der Waals surface area contributed by atoms with Crippen molar-refractivity contribution in [3.8, 4) is 0 Å². The fourth-order valence-electron chi connectivity index (χ4n) is 2.14. The number of hydrogen-bond donors (Lipinski definition) is 1. The SMILES string of the molecule is COC(=O)C1CNCCC1OC(=O)c1ccccc1. The van der Waals surface area contributed by atoms with E-state index in [-0.39, 0.29) is 5.97 Å². The van der Waals surface area contributed by atoms with Gasteiger partial charge in [0, 0.05) is 6.54 Å². The van der Waals surface area contributed by atoms with Gasteiger partial charge < -0.3 is 14.8 Å². The Morgan fingerprint density at radius 1 is 1.26 bits per heavy atom. The monoisotopic (exact) mass is 263 g/mol. The van der Waals surface area contributed by atoms with Crippen molar-refractivity contribution in [3.63, 3.8) is 0 Å². The normalized spacial score (nSPS) is 22.6. The van der Waals surface area contributed by atoms with Crippen LogP contribution in [0.5, 0.6) is 0 Å². The quantitative estimate of drug-likeness (QED) is 0.824. The molecule has 1 N–H and O–H groups in total. The molecule has 102 valence electrons.